The second kappa shape index (κ2) is 10.1. The van der Waals surface area contributed by atoms with Gasteiger partial charge in [0.2, 0.25) is 0 Å². The van der Waals surface area contributed by atoms with Gasteiger partial charge in [-0.15, -0.1) is 0 Å². The molecule has 1 aromatic carbocycles. The van der Waals surface area contributed by atoms with Crippen LogP contribution in [0.5, 0.6) is 11.5 Å². The third kappa shape index (κ3) is 6.08. The lowest BCUT2D eigenvalue weighted by molar-refractivity contribution is 0.238. The molecule has 2 amide bonds. The van der Waals surface area contributed by atoms with Crippen molar-refractivity contribution in [3.8, 4) is 11.5 Å². The molecular weight excluding hydrogens is 391 g/mol. The molecule has 0 saturated carbocycles. The number of ether oxygens (including phenoxy) is 2. The average molecular weight is 413 g/mol. The summed E-state index contributed by atoms with van der Waals surface area (Å²) in [6, 6.07) is 6.47. The number of urea groups is 1. The minimum atomic E-state index is -0.302. The smallest absolute Gasteiger partial charge is 0.315 e. The van der Waals surface area contributed by atoms with Gasteiger partial charge in [0.15, 0.2) is 0 Å². The summed E-state index contributed by atoms with van der Waals surface area (Å²) in [5, 5.41) is 9.55. The van der Waals surface area contributed by atoms with Crippen LogP contribution in [0.15, 0.2) is 30.5 Å². The lowest BCUT2D eigenvalue weighted by atomic mass is 10.1. The quantitative estimate of drug-likeness (QED) is 0.572. The summed E-state index contributed by atoms with van der Waals surface area (Å²) in [6.45, 7) is 2.71. The van der Waals surface area contributed by atoms with E-state index in [1.54, 1.807) is 32.4 Å². The van der Waals surface area contributed by atoms with Gasteiger partial charge in [0.25, 0.3) is 0 Å². The van der Waals surface area contributed by atoms with Gasteiger partial charge in [-0.3, -0.25) is 0 Å². The summed E-state index contributed by atoms with van der Waals surface area (Å²) >= 11 is 11.8. The van der Waals surface area contributed by atoms with Crippen LogP contribution >= 0.6 is 23.2 Å². The van der Waals surface area contributed by atoms with Gasteiger partial charge in [-0.1, -0.05) is 23.2 Å². The molecule has 2 aromatic rings. The first-order valence-electron chi connectivity index (χ1n) is 8.25. The molecule has 0 aliphatic heterocycles. The Bertz CT molecular complexity index is 789. The number of nitrogens with one attached hydrogen (secondary N) is 3. The minimum absolute atomic E-state index is 0.268. The van der Waals surface area contributed by atoms with E-state index in [0.29, 0.717) is 40.5 Å². The van der Waals surface area contributed by atoms with E-state index in [1.165, 1.54) is 6.20 Å². The van der Waals surface area contributed by atoms with E-state index >= 15 is 0 Å². The second-order valence-corrected chi connectivity index (χ2v) is 6.48. The zero-order valence-electron chi connectivity index (χ0n) is 15.3. The van der Waals surface area contributed by atoms with Crippen LogP contribution in [0.3, 0.4) is 0 Å². The third-order valence-electron chi connectivity index (χ3n) is 3.76. The van der Waals surface area contributed by atoms with Crippen molar-refractivity contribution in [1.82, 2.24) is 15.6 Å². The number of rotatable bonds is 8. The Morgan fingerprint density at radius 3 is 2.63 bits per heavy atom. The van der Waals surface area contributed by atoms with Gasteiger partial charge in [-0.2, -0.15) is 0 Å². The molecule has 1 unspecified atom stereocenters. The maximum atomic E-state index is 12.1. The number of halogens is 2. The molecule has 2 rings (SSSR count). The highest BCUT2D eigenvalue weighted by Crippen LogP contribution is 2.29. The largest absolute Gasteiger partial charge is 0.497 e. The molecule has 1 atom stereocenters. The van der Waals surface area contributed by atoms with Crippen LogP contribution in [0.1, 0.15) is 18.5 Å². The fourth-order valence-corrected chi connectivity index (χ4v) is 2.85. The van der Waals surface area contributed by atoms with E-state index in [2.05, 4.69) is 20.9 Å². The summed E-state index contributed by atoms with van der Waals surface area (Å²) in [6.07, 6.45) is 1.50. The molecule has 3 N–H and O–H groups in total. The first-order chi connectivity index (χ1) is 12.9. The van der Waals surface area contributed by atoms with Gasteiger partial charge in [-0.05, 0) is 31.2 Å². The number of benzene rings is 1. The molecule has 0 aliphatic carbocycles. The summed E-state index contributed by atoms with van der Waals surface area (Å²) in [4.78, 5) is 16.2. The predicted octanol–water partition coefficient (Wildman–Crippen LogP) is 3.88. The Hall–Kier alpha value is -2.38. The Balaban J connectivity index is 1.83. The number of nitrogens with zero attached hydrogens (tertiary/aromatic N) is 1. The van der Waals surface area contributed by atoms with E-state index in [9.17, 15) is 4.79 Å². The SMILES string of the molecule is COc1ccc(OC)c(C(C)NC(=O)NCCNc2ncc(Cl)cc2Cl)c1. The Labute approximate surface area is 168 Å². The molecule has 7 nitrogen and oxygen atoms in total. The number of carbonyl (C=O) groups is 1. The highest BCUT2D eigenvalue weighted by atomic mass is 35.5. The molecular formula is C18H22Cl2N4O3. The maximum absolute atomic E-state index is 12.1. The molecule has 0 radical (unpaired) electrons. The Morgan fingerprint density at radius 2 is 1.96 bits per heavy atom. The lowest BCUT2D eigenvalue weighted by Gasteiger charge is -2.18. The van der Waals surface area contributed by atoms with Crippen LogP contribution in [0, 0.1) is 0 Å². The minimum Gasteiger partial charge on any atom is -0.497 e. The van der Waals surface area contributed by atoms with Crippen LogP contribution in [0.25, 0.3) is 0 Å². The normalized spacial score (nSPS) is 11.4. The summed E-state index contributed by atoms with van der Waals surface area (Å²) in [7, 11) is 3.17. The van der Waals surface area contributed by atoms with E-state index in [1.807, 2.05) is 13.0 Å². The van der Waals surface area contributed by atoms with Crippen molar-refractivity contribution in [1.29, 1.82) is 0 Å². The highest BCUT2D eigenvalue weighted by Gasteiger charge is 2.15. The number of methoxy groups -OCH3 is 2. The van der Waals surface area contributed by atoms with Gasteiger partial charge in [0, 0.05) is 24.8 Å². The van der Waals surface area contributed by atoms with E-state index in [0.717, 1.165) is 5.56 Å². The summed E-state index contributed by atoms with van der Waals surface area (Å²) in [5.74, 6) is 1.88. The zero-order valence-corrected chi connectivity index (χ0v) is 16.8. The molecule has 0 saturated heterocycles. The number of hydrogen-bond donors (Lipinski definition) is 3. The summed E-state index contributed by atoms with van der Waals surface area (Å²) in [5.41, 5.74) is 0.822. The van der Waals surface area contributed by atoms with Crippen molar-refractivity contribution in [2.24, 2.45) is 0 Å². The highest BCUT2D eigenvalue weighted by molar-refractivity contribution is 6.35. The second-order valence-electron chi connectivity index (χ2n) is 5.64. The van der Waals surface area contributed by atoms with Crippen molar-refractivity contribution < 1.29 is 14.3 Å². The van der Waals surface area contributed by atoms with Crippen LogP contribution in [-0.2, 0) is 0 Å². The number of aromatic nitrogens is 1. The number of amides is 2. The number of carbonyl (C=O) groups excluding carboxylic acids is 1. The Kier molecular flexibility index (Phi) is 7.82. The monoisotopic (exact) mass is 412 g/mol. The van der Waals surface area contributed by atoms with Crippen molar-refractivity contribution in [3.63, 3.8) is 0 Å². The molecule has 1 aromatic heterocycles. The first kappa shape index (κ1) is 20.9. The molecule has 0 bridgehead atoms. The molecule has 27 heavy (non-hydrogen) atoms. The predicted molar refractivity (Wildman–Crippen MR) is 107 cm³/mol. The van der Waals surface area contributed by atoms with Gasteiger partial charge in [-0.25, -0.2) is 9.78 Å². The van der Waals surface area contributed by atoms with E-state index in [-0.39, 0.29) is 12.1 Å². The molecule has 9 heteroatoms. The molecule has 0 fully saturated rings. The van der Waals surface area contributed by atoms with Crippen LogP contribution in [0.4, 0.5) is 10.6 Å². The first-order valence-corrected chi connectivity index (χ1v) is 9.01. The van der Waals surface area contributed by atoms with Crippen molar-refractivity contribution >= 4 is 35.1 Å². The number of pyridine rings is 1. The Morgan fingerprint density at radius 1 is 1.19 bits per heavy atom. The molecule has 1 heterocycles. The van der Waals surface area contributed by atoms with Crippen LogP contribution < -0.4 is 25.4 Å². The lowest BCUT2D eigenvalue weighted by Crippen LogP contribution is -2.39. The van der Waals surface area contributed by atoms with Gasteiger partial charge in [0.05, 0.1) is 30.3 Å². The van der Waals surface area contributed by atoms with Gasteiger partial charge >= 0.3 is 6.03 Å². The van der Waals surface area contributed by atoms with Crippen LogP contribution in [-0.4, -0.2) is 38.3 Å². The zero-order chi connectivity index (χ0) is 19.8. The van der Waals surface area contributed by atoms with Gasteiger partial charge in [0.1, 0.15) is 17.3 Å². The number of anilines is 1. The van der Waals surface area contributed by atoms with Crippen molar-refractivity contribution in [3.05, 3.63) is 46.1 Å². The number of hydrogen-bond acceptors (Lipinski definition) is 5. The van der Waals surface area contributed by atoms with E-state index < -0.39 is 0 Å². The molecule has 0 spiro atoms. The fourth-order valence-electron chi connectivity index (χ4n) is 2.40. The molecule has 0 aliphatic rings. The van der Waals surface area contributed by atoms with Gasteiger partial charge < -0.3 is 25.4 Å². The summed E-state index contributed by atoms with van der Waals surface area (Å²) < 4.78 is 10.6. The molecule has 146 valence electrons. The van der Waals surface area contributed by atoms with Crippen molar-refractivity contribution in [2.75, 3.05) is 32.6 Å². The van der Waals surface area contributed by atoms with E-state index in [4.69, 9.17) is 32.7 Å². The fraction of sp³-hybridized carbons (Fsp3) is 0.333. The third-order valence-corrected chi connectivity index (χ3v) is 4.26. The maximum Gasteiger partial charge on any atom is 0.315 e. The van der Waals surface area contributed by atoms with Crippen molar-refractivity contribution in [2.45, 2.75) is 13.0 Å². The topological polar surface area (TPSA) is 84.5 Å². The van der Waals surface area contributed by atoms with Crippen LogP contribution in [0.2, 0.25) is 10.0 Å². The average Bonchev–Trinajstić information content (AvgIpc) is 2.65. The standard InChI is InChI=1S/C18H22Cl2N4O3/c1-11(14-9-13(26-2)4-5-16(14)27-3)24-18(25)22-7-6-21-17-15(20)8-12(19)10-23-17/h4-5,8-11H,6-7H2,1-3H3,(H,21,23)(H2,22,24,25).